The van der Waals surface area contributed by atoms with Crippen LogP contribution in [0.25, 0.3) is 0 Å². The zero-order chi connectivity index (χ0) is 12.6. The number of carbonyl (C=O) groups excluding carboxylic acids is 1. The van der Waals surface area contributed by atoms with Crippen molar-refractivity contribution in [2.75, 3.05) is 11.9 Å². The standard InChI is InChI=1S/C11H11F3N2O/c12-11(13,14)8-3-1-2-6-4-7(5-15)10(17)16-9(6)8/h1-3,7H,4-5,15H2,(H,16,17). The highest BCUT2D eigenvalue weighted by molar-refractivity contribution is 5.96. The predicted octanol–water partition coefficient (Wildman–Crippen LogP) is 1.77. The lowest BCUT2D eigenvalue weighted by Gasteiger charge is -2.26. The summed E-state index contributed by atoms with van der Waals surface area (Å²) in [5.41, 5.74) is 4.94. The van der Waals surface area contributed by atoms with Gasteiger partial charge in [-0.15, -0.1) is 0 Å². The van der Waals surface area contributed by atoms with Gasteiger partial charge in [0.2, 0.25) is 5.91 Å². The molecule has 0 bridgehead atoms. The van der Waals surface area contributed by atoms with E-state index in [-0.39, 0.29) is 18.7 Å². The van der Waals surface area contributed by atoms with E-state index in [9.17, 15) is 18.0 Å². The number of rotatable bonds is 1. The van der Waals surface area contributed by atoms with Crippen LogP contribution in [0.5, 0.6) is 0 Å². The highest BCUT2D eigenvalue weighted by Crippen LogP contribution is 2.39. The molecule has 0 fully saturated rings. The first-order chi connectivity index (χ1) is 7.93. The van der Waals surface area contributed by atoms with E-state index in [1.807, 2.05) is 0 Å². The van der Waals surface area contributed by atoms with Gasteiger partial charge in [0.1, 0.15) is 0 Å². The molecule has 1 aromatic rings. The molecule has 17 heavy (non-hydrogen) atoms. The lowest BCUT2D eigenvalue weighted by molar-refractivity contribution is -0.137. The topological polar surface area (TPSA) is 55.1 Å². The van der Waals surface area contributed by atoms with Gasteiger partial charge >= 0.3 is 6.18 Å². The van der Waals surface area contributed by atoms with Crippen LogP contribution in [0.1, 0.15) is 11.1 Å². The average molecular weight is 244 g/mol. The molecule has 3 N–H and O–H groups in total. The van der Waals surface area contributed by atoms with Crippen LogP contribution in [0.3, 0.4) is 0 Å². The fourth-order valence-corrected chi connectivity index (χ4v) is 1.93. The SMILES string of the molecule is NCC1Cc2cccc(C(F)(F)F)c2NC1=O. The largest absolute Gasteiger partial charge is 0.418 e. The lowest BCUT2D eigenvalue weighted by Crippen LogP contribution is -2.35. The highest BCUT2D eigenvalue weighted by Gasteiger charge is 2.37. The highest BCUT2D eigenvalue weighted by atomic mass is 19.4. The van der Waals surface area contributed by atoms with Crippen LogP contribution in [0, 0.1) is 5.92 Å². The van der Waals surface area contributed by atoms with Crippen LogP contribution in [0.4, 0.5) is 18.9 Å². The Morgan fingerprint density at radius 1 is 1.41 bits per heavy atom. The summed E-state index contributed by atoms with van der Waals surface area (Å²) in [4.78, 5) is 11.5. The van der Waals surface area contributed by atoms with E-state index < -0.39 is 23.6 Å². The van der Waals surface area contributed by atoms with Crippen LogP contribution in [-0.4, -0.2) is 12.5 Å². The molecule has 92 valence electrons. The molecule has 0 radical (unpaired) electrons. The number of hydrogen-bond donors (Lipinski definition) is 2. The molecular formula is C11H11F3N2O. The Bertz CT molecular complexity index is 457. The number of hydrogen-bond acceptors (Lipinski definition) is 2. The second-order valence-electron chi connectivity index (χ2n) is 3.96. The normalized spacial score (nSPS) is 19.8. The van der Waals surface area contributed by atoms with Gasteiger partial charge in [-0.05, 0) is 18.1 Å². The number of alkyl halides is 3. The van der Waals surface area contributed by atoms with Crippen molar-refractivity contribution in [2.45, 2.75) is 12.6 Å². The Morgan fingerprint density at radius 3 is 2.71 bits per heavy atom. The van der Waals surface area contributed by atoms with Crippen LogP contribution < -0.4 is 11.1 Å². The maximum atomic E-state index is 12.7. The first kappa shape index (κ1) is 11.9. The van der Waals surface area contributed by atoms with Crippen LogP contribution in [-0.2, 0) is 17.4 Å². The summed E-state index contributed by atoms with van der Waals surface area (Å²) in [6.45, 7) is 0.127. The number of benzene rings is 1. The van der Waals surface area contributed by atoms with Crippen molar-refractivity contribution < 1.29 is 18.0 Å². The van der Waals surface area contributed by atoms with E-state index in [0.29, 0.717) is 5.56 Å². The summed E-state index contributed by atoms with van der Waals surface area (Å²) in [6, 6.07) is 3.88. The predicted molar refractivity (Wildman–Crippen MR) is 56.3 cm³/mol. The smallest absolute Gasteiger partial charge is 0.330 e. The molecule has 1 aromatic carbocycles. The van der Waals surface area contributed by atoms with E-state index in [1.54, 1.807) is 6.07 Å². The van der Waals surface area contributed by atoms with Crippen molar-refractivity contribution in [3.63, 3.8) is 0 Å². The zero-order valence-electron chi connectivity index (χ0n) is 8.84. The van der Waals surface area contributed by atoms with Crippen molar-refractivity contribution in [1.29, 1.82) is 0 Å². The van der Waals surface area contributed by atoms with Gasteiger partial charge < -0.3 is 11.1 Å². The fraction of sp³-hybridized carbons (Fsp3) is 0.364. The maximum absolute atomic E-state index is 12.7. The number of amides is 1. The quantitative estimate of drug-likeness (QED) is 0.791. The van der Waals surface area contributed by atoms with E-state index >= 15 is 0 Å². The Labute approximate surface area is 95.8 Å². The van der Waals surface area contributed by atoms with Gasteiger partial charge in [-0.25, -0.2) is 0 Å². The van der Waals surface area contributed by atoms with Crippen molar-refractivity contribution >= 4 is 11.6 Å². The van der Waals surface area contributed by atoms with Crippen molar-refractivity contribution in [3.8, 4) is 0 Å². The molecular weight excluding hydrogens is 233 g/mol. The Hall–Kier alpha value is -1.56. The van der Waals surface area contributed by atoms with E-state index in [4.69, 9.17) is 5.73 Å². The molecule has 1 aliphatic rings. The summed E-state index contributed by atoms with van der Waals surface area (Å²) in [6.07, 6.45) is -4.21. The molecule has 3 nitrogen and oxygen atoms in total. The minimum Gasteiger partial charge on any atom is -0.330 e. The average Bonchev–Trinajstić information content (AvgIpc) is 2.26. The number of nitrogens with one attached hydrogen (secondary N) is 1. The molecule has 1 heterocycles. The zero-order valence-corrected chi connectivity index (χ0v) is 8.84. The Morgan fingerprint density at radius 2 is 2.12 bits per heavy atom. The summed E-state index contributed by atoms with van der Waals surface area (Å²) in [5, 5.41) is 2.30. The number of halogens is 3. The minimum atomic E-state index is -4.46. The summed E-state index contributed by atoms with van der Waals surface area (Å²) >= 11 is 0. The summed E-state index contributed by atoms with van der Waals surface area (Å²) < 4.78 is 38.1. The van der Waals surface area contributed by atoms with Crippen molar-refractivity contribution in [1.82, 2.24) is 0 Å². The van der Waals surface area contributed by atoms with Gasteiger partial charge in [0, 0.05) is 6.54 Å². The number of para-hydroxylation sites is 1. The van der Waals surface area contributed by atoms with Crippen molar-refractivity contribution in [2.24, 2.45) is 11.7 Å². The maximum Gasteiger partial charge on any atom is 0.418 e. The number of anilines is 1. The number of carbonyl (C=O) groups is 1. The molecule has 1 aliphatic heterocycles. The van der Waals surface area contributed by atoms with Gasteiger partial charge in [-0.3, -0.25) is 4.79 Å². The first-order valence-electron chi connectivity index (χ1n) is 5.13. The molecule has 0 aliphatic carbocycles. The van der Waals surface area contributed by atoms with Crippen LogP contribution in [0.2, 0.25) is 0 Å². The molecule has 1 amide bonds. The molecule has 0 saturated heterocycles. The third-order valence-corrected chi connectivity index (χ3v) is 2.83. The second-order valence-corrected chi connectivity index (χ2v) is 3.96. The molecule has 0 saturated carbocycles. The molecule has 1 unspecified atom stereocenters. The fourth-order valence-electron chi connectivity index (χ4n) is 1.93. The molecule has 6 heteroatoms. The first-order valence-corrected chi connectivity index (χ1v) is 5.13. The summed E-state index contributed by atoms with van der Waals surface area (Å²) in [7, 11) is 0. The Balaban J connectivity index is 2.47. The molecule has 2 rings (SSSR count). The van der Waals surface area contributed by atoms with E-state index in [0.717, 1.165) is 6.07 Å². The third kappa shape index (κ3) is 2.12. The molecule has 1 atom stereocenters. The van der Waals surface area contributed by atoms with Gasteiger partial charge in [0.15, 0.2) is 0 Å². The second kappa shape index (κ2) is 4.03. The van der Waals surface area contributed by atoms with Gasteiger partial charge in [-0.2, -0.15) is 13.2 Å². The molecule has 0 spiro atoms. The number of nitrogens with two attached hydrogens (primary N) is 1. The minimum absolute atomic E-state index is 0.127. The van der Waals surface area contributed by atoms with Gasteiger partial charge in [-0.1, -0.05) is 12.1 Å². The van der Waals surface area contributed by atoms with E-state index in [2.05, 4.69) is 5.32 Å². The van der Waals surface area contributed by atoms with Crippen LogP contribution in [0.15, 0.2) is 18.2 Å². The van der Waals surface area contributed by atoms with E-state index in [1.165, 1.54) is 6.07 Å². The summed E-state index contributed by atoms with van der Waals surface area (Å²) in [5.74, 6) is -0.900. The number of fused-ring (bicyclic) bond motifs is 1. The Kier molecular flexibility index (Phi) is 2.82. The monoisotopic (exact) mass is 244 g/mol. The third-order valence-electron chi connectivity index (χ3n) is 2.83. The van der Waals surface area contributed by atoms with Gasteiger partial charge in [0.25, 0.3) is 0 Å². The van der Waals surface area contributed by atoms with Crippen LogP contribution >= 0.6 is 0 Å². The lowest BCUT2D eigenvalue weighted by atomic mass is 9.91. The van der Waals surface area contributed by atoms with Crippen molar-refractivity contribution in [3.05, 3.63) is 29.3 Å². The molecule has 0 aromatic heterocycles. The van der Waals surface area contributed by atoms with Gasteiger partial charge in [0.05, 0.1) is 17.2 Å².